The normalized spacial score (nSPS) is 43.6. The number of ether oxygens (including phenoxy) is 1. The van der Waals surface area contributed by atoms with E-state index in [0.717, 1.165) is 37.6 Å². The first-order valence-electron chi connectivity index (χ1n) is 10.9. The molecule has 0 amide bonds. The predicted octanol–water partition coefficient (Wildman–Crippen LogP) is 3.30. The highest BCUT2D eigenvalue weighted by Gasteiger charge is 2.73. The Kier molecular flexibility index (Phi) is 3.34. The molecule has 1 saturated heterocycles. The molecule has 0 aromatic heterocycles. The molecule has 2 N–H and O–H groups in total. The van der Waals surface area contributed by atoms with E-state index in [4.69, 9.17) is 4.74 Å². The minimum absolute atomic E-state index is 0.0378. The van der Waals surface area contributed by atoms with Gasteiger partial charge in [0.15, 0.2) is 11.5 Å². The number of likely N-dealkylation sites (tertiary alicyclic amines) is 1. The van der Waals surface area contributed by atoms with Gasteiger partial charge in [0.2, 0.25) is 0 Å². The second kappa shape index (κ2) is 5.42. The molecule has 2 spiro atoms. The molecule has 2 aliphatic heterocycles. The molecular weight excluding hydrogens is 338 g/mol. The van der Waals surface area contributed by atoms with E-state index in [1.807, 2.05) is 13.0 Å². The molecule has 5 fully saturated rings. The van der Waals surface area contributed by atoms with Crippen molar-refractivity contribution in [3.63, 3.8) is 0 Å². The average molecular weight is 370 g/mol. The van der Waals surface area contributed by atoms with Gasteiger partial charge in [0.25, 0.3) is 0 Å². The molecule has 4 aliphatic carbocycles. The number of phenolic OH excluding ortho intramolecular Hbond substituents is 1. The van der Waals surface area contributed by atoms with Gasteiger partial charge in [0.05, 0.1) is 6.10 Å². The Balaban J connectivity index is 1.51. The average Bonchev–Trinajstić information content (AvgIpc) is 3.39. The number of aliphatic hydroxyl groups excluding tert-OH is 1. The summed E-state index contributed by atoms with van der Waals surface area (Å²) in [4.78, 5) is 2.70. The first kappa shape index (κ1) is 16.7. The highest BCUT2D eigenvalue weighted by molar-refractivity contribution is 5.56. The molecule has 6 aliphatic rings. The van der Waals surface area contributed by atoms with Crippen LogP contribution in [0.1, 0.15) is 51.0 Å². The molecule has 4 nitrogen and oxygen atoms in total. The van der Waals surface area contributed by atoms with Crippen LogP contribution in [-0.4, -0.2) is 47.0 Å². The van der Waals surface area contributed by atoms with E-state index >= 15 is 0 Å². The van der Waals surface area contributed by atoms with Crippen LogP contribution in [-0.2, 0) is 5.41 Å². The summed E-state index contributed by atoms with van der Waals surface area (Å²) in [7, 11) is 0. The van der Waals surface area contributed by atoms with Crippen molar-refractivity contribution in [2.24, 2.45) is 23.2 Å². The lowest BCUT2D eigenvalue weighted by Gasteiger charge is -2.68. The number of aromatic hydroxyl groups is 1. The first-order valence-corrected chi connectivity index (χ1v) is 10.9. The molecule has 7 rings (SSSR count). The zero-order valence-electron chi connectivity index (χ0n) is 16.2. The number of rotatable bonds is 3. The monoisotopic (exact) mass is 369 g/mol. The summed E-state index contributed by atoms with van der Waals surface area (Å²) in [6, 6.07) is 5.95. The lowest BCUT2D eigenvalue weighted by molar-refractivity contribution is -0.198. The Morgan fingerprint density at radius 2 is 2.11 bits per heavy atom. The number of aliphatic hydroxyl groups is 1. The fourth-order valence-corrected chi connectivity index (χ4v) is 7.71. The van der Waals surface area contributed by atoms with Gasteiger partial charge in [-0.05, 0) is 75.8 Å². The molecule has 4 saturated carbocycles. The molecule has 2 bridgehead atoms. The fraction of sp³-hybridized carbons (Fsp3) is 0.739. The van der Waals surface area contributed by atoms with E-state index in [0.29, 0.717) is 17.6 Å². The molecule has 6 atom stereocenters. The molecule has 1 aromatic rings. The molecule has 2 heterocycles. The Morgan fingerprint density at radius 1 is 1.26 bits per heavy atom. The lowest BCUT2D eigenvalue weighted by atomic mass is 9.38. The van der Waals surface area contributed by atoms with Gasteiger partial charge < -0.3 is 19.8 Å². The van der Waals surface area contributed by atoms with Crippen LogP contribution in [0.25, 0.3) is 0 Å². The topological polar surface area (TPSA) is 52.9 Å². The number of nitrogens with zero attached hydrogens (tertiary/aromatic N) is 1. The third-order valence-electron chi connectivity index (χ3n) is 8.87. The Bertz CT molecular complexity index is 775. The van der Waals surface area contributed by atoms with Crippen molar-refractivity contribution < 1.29 is 14.9 Å². The summed E-state index contributed by atoms with van der Waals surface area (Å²) in [5.41, 5.74) is 1.25. The standard InChI is InChI=1S/C23H31NO3/c1-14(25)18-11-16-7-8-22(18)13-24(12-15-5-6-15)10-9-23(22)17-3-2-4-19(26)20(17)27-21(16)23/h2-4,14-16,18,21,25-26H,5-13H2,1H3. The van der Waals surface area contributed by atoms with E-state index < -0.39 is 0 Å². The van der Waals surface area contributed by atoms with Gasteiger partial charge in [-0.3, -0.25) is 0 Å². The van der Waals surface area contributed by atoms with Crippen LogP contribution in [0.3, 0.4) is 0 Å². The minimum Gasteiger partial charge on any atom is -0.504 e. The number of benzene rings is 1. The van der Waals surface area contributed by atoms with Gasteiger partial charge in [-0.2, -0.15) is 0 Å². The van der Waals surface area contributed by atoms with Gasteiger partial charge in [-0.1, -0.05) is 12.1 Å². The number of hydrogen-bond acceptors (Lipinski definition) is 4. The highest BCUT2D eigenvalue weighted by Crippen LogP contribution is 2.72. The number of fused-ring (bicyclic) bond motifs is 3. The smallest absolute Gasteiger partial charge is 0.165 e. The Labute approximate surface area is 161 Å². The molecule has 4 heteroatoms. The van der Waals surface area contributed by atoms with Crippen LogP contribution in [0.15, 0.2) is 18.2 Å². The van der Waals surface area contributed by atoms with Crippen LogP contribution in [0.2, 0.25) is 0 Å². The van der Waals surface area contributed by atoms with E-state index in [1.165, 1.54) is 37.8 Å². The van der Waals surface area contributed by atoms with E-state index in [1.54, 1.807) is 6.07 Å². The summed E-state index contributed by atoms with van der Waals surface area (Å²) in [6.07, 6.45) is 7.21. The van der Waals surface area contributed by atoms with Crippen molar-refractivity contribution >= 4 is 0 Å². The molecule has 0 radical (unpaired) electrons. The van der Waals surface area contributed by atoms with E-state index in [9.17, 15) is 10.2 Å². The first-order chi connectivity index (χ1) is 13.0. The Morgan fingerprint density at radius 3 is 2.89 bits per heavy atom. The van der Waals surface area contributed by atoms with Crippen molar-refractivity contribution in [1.82, 2.24) is 4.90 Å². The van der Waals surface area contributed by atoms with Gasteiger partial charge in [-0.25, -0.2) is 0 Å². The van der Waals surface area contributed by atoms with Crippen LogP contribution in [0.5, 0.6) is 11.5 Å². The van der Waals surface area contributed by atoms with Gasteiger partial charge in [0, 0.05) is 29.5 Å². The summed E-state index contributed by atoms with van der Waals surface area (Å²) < 4.78 is 6.54. The highest BCUT2D eigenvalue weighted by atomic mass is 16.5. The molecular formula is C23H31NO3. The Hall–Kier alpha value is -1.26. The summed E-state index contributed by atoms with van der Waals surface area (Å²) in [6.45, 7) is 5.43. The van der Waals surface area contributed by atoms with Crippen LogP contribution < -0.4 is 4.74 Å². The number of para-hydroxylation sites is 1. The van der Waals surface area contributed by atoms with Gasteiger partial charge in [-0.15, -0.1) is 0 Å². The number of piperidine rings is 1. The lowest BCUT2D eigenvalue weighted by Crippen LogP contribution is -2.73. The van der Waals surface area contributed by atoms with E-state index in [2.05, 4.69) is 11.0 Å². The van der Waals surface area contributed by atoms with Crippen molar-refractivity contribution in [2.45, 2.75) is 63.1 Å². The van der Waals surface area contributed by atoms with Crippen LogP contribution in [0, 0.1) is 23.2 Å². The molecule has 27 heavy (non-hydrogen) atoms. The maximum absolute atomic E-state index is 10.8. The molecule has 1 aromatic carbocycles. The van der Waals surface area contributed by atoms with Crippen molar-refractivity contribution in [2.75, 3.05) is 19.6 Å². The quantitative estimate of drug-likeness (QED) is 0.858. The SMILES string of the molecule is CC(O)C1CC2CCC13CN(CC1CC1)CCC31c3cccc(O)c3OC21. The van der Waals surface area contributed by atoms with Gasteiger partial charge >= 0.3 is 0 Å². The van der Waals surface area contributed by atoms with Crippen molar-refractivity contribution in [3.05, 3.63) is 23.8 Å². The van der Waals surface area contributed by atoms with Crippen molar-refractivity contribution in [3.8, 4) is 11.5 Å². The maximum Gasteiger partial charge on any atom is 0.165 e. The fourth-order valence-electron chi connectivity index (χ4n) is 7.71. The summed E-state index contributed by atoms with van der Waals surface area (Å²) in [5, 5.41) is 21.3. The third kappa shape index (κ3) is 2.01. The minimum atomic E-state index is -0.284. The predicted molar refractivity (Wildman–Crippen MR) is 103 cm³/mol. The second-order valence-electron chi connectivity index (χ2n) is 10.1. The number of phenols is 1. The van der Waals surface area contributed by atoms with Crippen molar-refractivity contribution in [1.29, 1.82) is 0 Å². The molecule has 146 valence electrons. The third-order valence-corrected chi connectivity index (χ3v) is 8.87. The summed E-state index contributed by atoms with van der Waals surface area (Å²) >= 11 is 0. The zero-order valence-corrected chi connectivity index (χ0v) is 16.2. The molecule has 6 unspecified atom stereocenters. The maximum atomic E-state index is 10.8. The van der Waals surface area contributed by atoms with E-state index in [-0.39, 0.29) is 23.0 Å². The zero-order chi connectivity index (χ0) is 18.4. The second-order valence-corrected chi connectivity index (χ2v) is 10.1. The largest absolute Gasteiger partial charge is 0.504 e. The van der Waals surface area contributed by atoms with Gasteiger partial charge in [0.1, 0.15) is 6.10 Å². The van der Waals surface area contributed by atoms with Crippen LogP contribution in [0.4, 0.5) is 0 Å². The number of hydrogen-bond donors (Lipinski definition) is 2. The summed E-state index contributed by atoms with van der Waals surface area (Å²) in [5.74, 6) is 2.74. The van der Waals surface area contributed by atoms with Crippen LogP contribution >= 0.6 is 0 Å².